The van der Waals surface area contributed by atoms with Crippen LogP contribution in [0.15, 0.2) is 10.8 Å². The number of hydrogen-bond donors (Lipinski definition) is 1. The molecule has 0 aromatic carbocycles. The Balaban J connectivity index is 1.79. The first-order valence-electron chi connectivity index (χ1n) is 5.27. The molecule has 1 N–H and O–H groups in total. The lowest BCUT2D eigenvalue weighted by Crippen LogP contribution is -2.35. The highest BCUT2D eigenvalue weighted by molar-refractivity contribution is 5.21. The molecule has 4 nitrogen and oxygen atoms in total. The number of aromatic nitrogens is 1. The molecule has 0 aliphatic heterocycles. The van der Waals surface area contributed by atoms with E-state index in [4.69, 9.17) is 14.4 Å². The van der Waals surface area contributed by atoms with Crippen molar-refractivity contribution in [3.05, 3.63) is 12.0 Å². The van der Waals surface area contributed by atoms with E-state index in [1.54, 1.807) is 0 Å². The molecule has 0 spiro atoms. The maximum atomic E-state index is 8.92. The van der Waals surface area contributed by atoms with Gasteiger partial charge in [0.15, 0.2) is 17.7 Å². The SMILES string of the molecule is CC1(C)CC(COc2conc2CO)C1. The molecule has 0 saturated heterocycles. The summed E-state index contributed by atoms with van der Waals surface area (Å²) in [6.07, 6.45) is 3.84. The van der Waals surface area contributed by atoms with Gasteiger partial charge in [-0.25, -0.2) is 0 Å². The average Bonchev–Trinajstić information content (AvgIpc) is 2.58. The van der Waals surface area contributed by atoms with Crippen molar-refractivity contribution in [1.29, 1.82) is 0 Å². The van der Waals surface area contributed by atoms with E-state index < -0.39 is 0 Å². The van der Waals surface area contributed by atoms with Gasteiger partial charge in [0.2, 0.25) is 0 Å². The molecular weight excluding hydrogens is 194 g/mol. The quantitative estimate of drug-likeness (QED) is 0.827. The topological polar surface area (TPSA) is 55.5 Å². The summed E-state index contributed by atoms with van der Waals surface area (Å²) in [6.45, 7) is 5.09. The van der Waals surface area contributed by atoms with Crippen LogP contribution < -0.4 is 4.74 Å². The smallest absolute Gasteiger partial charge is 0.184 e. The molecule has 1 fully saturated rings. The van der Waals surface area contributed by atoms with Gasteiger partial charge in [0.25, 0.3) is 0 Å². The minimum absolute atomic E-state index is 0.137. The monoisotopic (exact) mass is 211 g/mol. The molecule has 15 heavy (non-hydrogen) atoms. The van der Waals surface area contributed by atoms with E-state index in [2.05, 4.69) is 19.0 Å². The van der Waals surface area contributed by atoms with Gasteiger partial charge in [-0.2, -0.15) is 0 Å². The zero-order chi connectivity index (χ0) is 10.9. The maximum Gasteiger partial charge on any atom is 0.184 e. The minimum atomic E-state index is -0.137. The summed E-state index contributed by atoms with van der Waals surface area (Å²) in [7, 11) is 0. The van der Waals surface area contributed by atoms with E-state index in [0.29, 0.717) is 29.4 Å². The van der Waals surface area contributed by atoms with Crippen molar-refractivity contribution in [2.24, 2.45) is 11.3 Å². The third-order valence-corrected chi connectivity index (χ3v) is 2.91. The van der Waals surface area contributed by atoms with E-state index in [1.807, 2.05) is 0 Å². The number of hydrogen-bond acceptors (Lipinski definition) is 4. The number of aliphatic hydroxyl groups excluding tert-OH is 1. The van der Waals surface area contributed by atoms with Gasteiger partial charge in [-0.15, -0.1) is 0 Å². The Morgan fingerprint density at radius 2 is 2.33 bits per heavy atom. The van der Waals surface area contributed by atoms with Crippen LogP contribution in [-0.2, 0) is 6.61 Å². The van der Waals surface area contributed by atoms with Crippen molar-refractivity contribution in [3.8, 4) is 5.75 Å². The summed E-state index contributed by atoms with van der Waals surface area (Å²) < 4.78 is 10.3. The molecule has 1 aromatic rings. The summed E-state index contributed by atoms with van der Waals surface area (Å²) in [6, 6.07) is 0. The lowest BCUT2D eigenvalue weighted by Gasteiger charge is -2.42. The number of rotatable bonds is 4. The lowest BCUT2D eigenvalue weighted by molar-refractivity contribution is 0.0543. The summed E-state index contributed by atoms with van der Waals surface area (Å²) in [4.78, 5) is 0. The maximum absolute atomic E-state index is 8.92. The summed E-state index contributed by atoms with van der Waals surface area (Å²) in [5.74, 6) is 1.20. The fourth-order valence-electron chi connectivity index (χ4n) is 2.30. The van der Waals surface area contributed by atoms with E-state index >= 15 is 0 Å². The second kappa shape index (κ2) is 3.85. The minimum Gasteiger partial charge on any atom is -0.488 e. The molecule has 0 bridgehead atoms. The van der Waals surface area contributed by atoms with Crippen molar-refractivity contribution in [2.45, 2.75) is 33.3 Å². The molecule has 4 heteroatoms. The van der Waals surface area contributed by atoms with E-state index in [-0.39, 0.29) is 6.61 Å². The van der Waals surface area contributed by atoms with Crippen molar-refractivity contribution in [2.75, 3.05) is 6.61 Å². The molecule has 84 valence electrons. The van der Waals surface area contributed by atoms with Crippen LogP contribution in [0.5, 0.6) is 5.75 Å². The zero-order valence-electron chi connectivity index (χ0n) is 9.19. The number of aliphatic hydroxyl groups is 1. The van der Waals surface area contributed by atoms with Crippen LogP contribution in [0.4, 0.5) is 0 Å². The van der Waals surface area contributed by atoms with Crippen LogP contribution in [0.25, 0.3) is 0 Å². The van der Waals surface area contributed by atoms with E-state index in [0.717, 1.165) is 0 Å². The Kier molecular flexibility index (Phi) is 2.69. The summed E-state index contributed by atoms with van der Waals surface area (Å²) >= 11 is 0. The van der Waals surface area contributed by atoms with Gasteiger partial charge in [-0.1, -0.05) is 19.0 Å². The first-order chi connectivity index (χ1) is 7.11. The van der Waals surface area contributed by atoms with Crippen LogP contribution in [0.1, 0.15) is 32.4 Å². The molecular formula is C11H17NO3. The lowest BCUT2D eigenvalue weighted by atomic mass is 9.65. The van der Waals surface area contributed by atoms with Crippen molar-refractivity contribution in [3.63, 3.8) is 0 Å². The molecule has 0 atom stereocenters. The van der Waals surface area contributed by atoms with E-state index in [1.165, 1.54) is 19.1 Å². The molecule has 1 aromatic heterocycles. The predicted octanol–water partition coefficient (Wildman–Crippen LogP) is 1.98. The van der Waals surface area contributed by atoms with Crippen LogP contribution in [0.2, 0.25) is 0 Å². The zero-order valence-corrected chi connectivity index (χ0v) is 9.19. The number of nitrogens with zero attached hydrogens (tertiary/aromatic N) is 1. The standard InChI is InChI=1S/C11H17NO3/c1-11(2)3-8(4-11)6-14-10-7-15-12-9(10)5-13/h7-8,13H,3-6H2,1-2H3. The highest BCUT2D eigenvalue weighted by atomic mass is 16.5. The highest BCUT2D eigenvalue weighted by Gasteiger charge is 2.36. The molecule has 1 heterocycles. The fourth-order valence-corrected chi connectivity index (χ4v) is 2.30. The molecule has 0 amide bonds. The average molecular weight is 211 g/mol. The summed E-state index contributed by atoms with van der Waals surface area (Å²) in [5, 5.41) is 12.6. The molecule has 1 aliphatic rings. The van der Waals surface area contributed by atoms with Gasteiger partial charge in [-0.05, 0) is 24.2 Å². The van der Waals surface area contributed by atoms with Gasteiger partial charge in [0, 0.05) is 0 Å². The Morgan fingerprint density at radius 1 is 1.60 bits per heavy atom. The Morgan fingerprint density at radius 3 is 2.93 bits per heavy atom. The van der Waals surface area contributed by atoms with E-state index in [9.17, 15) is 0 Å². The Hall–Kier alpha value is -1.03. The van der Waals surface area contributed by atoms with Crippen molar-refractivity contribution in [1.82, 2.24) is 5.16 Å². The molecule has 2 rings (SSSR count). The fraction of sp³-hybridized carbons (Fsp3) is 0.727. The molecule has 1 saturated carbocycles. The van der Waals surface area contributed by atoms with Gasteiger partial charge < -0.3 is 14.4 Å². The van der Waals surface area contributed by atoms with Gasteiger partial charge in [0.05, 0.1) is 13.2 Å². The van der Waals surface area contributed by atoms with Crippen molar-refractivity contribution >= 4 is 0 Å². The van der Waals surface area contributed by atoms with Gasteiger partial charge in [0.1, 0.15) is 0 Å². The largest absolute Gasteiger partial charge is 0.488 e. The van der Waals surface area contributed by atoms with Crippen molar-refractivity contribution < 1.29 is 14.4 Å². The predicted molar refractivity (Wildman–Crippen MR) is 54.4 cm³/mol. The third kappa shape index (κ3) is 2.31. The van der Waals surface area contributed by atoms with Gasteiger partial charge >= 0.3 is 0 Å². The first kappa shape index (κ1) is 10.5. The normalized spacial score (nSPS) is 19.9. The summed E-state index contributed by atoms with van der Waals surface area (Å²) in [5.41, 5.74) is 0.955. The van der Waals surface area contributed by atoms with Crippen LogP contribution in [0.3, 0.4) is 0 Å². The third-order valence-electron chi connectivity index (χ3n) is 2.91. The van der Waals surface area contributed by atoms with Crippen LogP contribution >= 0.6 is 0 Å². The molecule has 1 aliphatic carbocycles. The van der Waals surface area contributed by atoms with Crippen LogP contribution in [-0.4, -0.2) is 16.9 Å². The van der Waals surface area contributed by atoms with Gasteiger partial charge in [-0.3, -0.25) is 0 Å². The molecule has 0 unspecified atom stereocenters. The number of ether oxygens (including phenoxy) is 1. The second-order valence-electron chi connectivity index (χ2n) is 5.03. The second-order valence-corrected chi connectivity index (χ2v) is 5.03. The first-order valence-corrected chi connectivity index (χ1v) is 5.27. The molecule has 0 radical (unpaired) electrons. The Labute approximate surface area is 89.2 Å². The Bertz CT molecular complexity index is 324. The van der Waals surface area contributed by atoms with Crippen LogP contribution in [0, 0.1) is 11.3 Å². The highest BCUT2D eigenvalue weighted by Crippen LogP contribution is 2.44.